The molecule has 1 amide bonds. The maximum atomic E-state index is 12.3. The number of ether oxygens (including phenoxy) is 2. The molecule has 1 N–H and O–H groups in total. The summed E-state index contributed by atoms with van der Waals surface area (Å²) in [4.78, 5) is 14.7. The Morgan fingerprint density at radius 3 is 2.42 bits per heavy atom. The van der Waals surface area contributed by atoms with Crippen molar-refractivity contribution >= 4 is 11.6 Å². The first-order valence-electron chi connectivity index (χ1n) is 9.01. The van der Waals surface area contributed by atoms with E-state index >= 15 is 0 Å². The number of methoxy groups -OCH3 is 2. The standard InChI is InChI=1S/C21H26N2O3/c1-25-19-10-7-17(20(14-19)26-2)13-21(24)22-15-16-5-8-18(9-6-16)23-11-3-4-12-23/h5-10,14H,3-4,11-13,15H2,1-2H3,(H,22,24). The van der Waals surface area contributed by atoms with Crippen LogP contribution in [0.3, 0.4) is 0 Å². The zero-order valence-electron chi connectivity index (χ0n) is 15.5. The number of benzene rings is 2. The van der Waals surface area contributed by atoms with Gasteiger partial charge in [0.1, 0.15) is 11.5 Å². The lowest BCUT2D eigenvalue weighted by atomic mass is 10.1. The molecule has 0 radical (unpaired) electrons. The molecule has 1 heterocycles. The van der Waals surface area contributed by atoms with E-state index in [0.29, 0.717) is 18.0 Å². The van der Waals surface area contributed by atoms with Crippen LogP contribution >= 0.6 is 0 Å². The predicted octanol–water partition coefficient (Wildman–Crippen LogP) is 3.16. The Labute approximate surface area is 154 Å². The van der Waals surface area contributed by atoms with Crippen molar-refractivity contribution in [2.45, 2.75) is 25.8 Å². The van der Waals surface area contributed by atoms with Gasteiger partial charge in [0.25, 0.3) is 0 Å². The number of carbonyl (C=O) groups excluding carboxylic acids is 1. The summed E-state index contributed by atoms with van der Waals surface area (Å²) < 4.78 is 10.5. The number of rotatable bonds is 7. The summed E-state index contributed by atoms with van der Waals surface area (Å²) in [5, 5.41) is 2.98. The molecule has 0 bridgehead atoms. The van der Waals surface area contributed by atoms with Crippen LogP contribution in [0.5, 0.6) is 11.5 Å². The van der Waals surface area contributed by atoms with Gasteiger partial charge in [-0.2, -0.15) is 0 Å². The van der Waals surface area contributed by atoms with E-state index in [1.54, 1.807) is 20.3 Å². The highest BCUT2D eigenvalue weighted by atomic mass is 16.5. The molecule has 26 heavy (non-hydrogen) atoms. The van der Waals surface area contributed by atoms with Crippen LogP contribution < -0.4 is 19.7 Å². The van der Waals surface area contributed by atoms with Crippen LogP contribution in [0.25, 0.3) is 0 Å². The maximum Gasteiger partial charge on any atom is 0.224 e. The summed E-state index contributed by atoms with van der Waals surface area (Å²) in [5.41, 5.74) is 3.21. The SMILES string of the molecule is COc1ccc(CC(=O)NCc2ccc(N3CCCC3)cc2)c(OC)c1. The smallest absolute Gasteiger partial charge is 0.224 e. The fourth-order valence-corrected chi connectivity index (χ4v) is 3.23. The van der Waals surface area contributed by atoms with Crippen molar-refractivity contribution in [2.24, 2.45) is 0 Å². The zero-order chi connectivity index (χ0) is 18.4. The second-order valence-electron chi connectivity index (χ2n) is 6.49. The lowest BCUT2D eigenvalue weighted by molar-refractivity contribution is -0.120. The first kappa shape index (κ1) is 18.1. The van der Waals surface area contributed by atoms with Gasteiger partial charge < -0.3 is 19.7 Å². The Hall–Kier alpha value is -2.69. The first-order chi connectivity index (χ1) is 12.7. The van der Waals surface area contributed by atoms with Crippen molar-refractivity contribution in [2.75, 3.05) is 32.2 Å². The topological polar surface area (TPSA) is 50.8 Å². The predicted molar refractivity (Wildman–Crippen MR) is 103 cm³/mol. The number of hydrogen-bond donors (Lipinski definition) is 1. The molecule has 138 valence electrons. The molecule has 0 atom stereocenters. The summed E-state index contributed by atoms with van der Waals surface area (Å²) in [6, 6.07) is 13.9. The molecule has 1 fully saturated rings. The Morgan fingerprint density at radius 2 is 1.77 bits per heavy atom. The van der Waals surface area contributed by atoms with E-state index in [1.807, 2.05) is 12.1 Å². The number of carbonyl (C=O) groups is 1. The molecule has 2 aromatic rings. The number of nitrogens with one attached hydrogen (secondary N) is 1. The van der Waals surface area contributed by atoms with E-state index in [9.17, 15) is 4.79 Å². The normalized spacial score (nSPS) is 13.5. The third-order valence-corrected chi connectivity index (χ3v) is 4.74. The third-order valence-electron chi connectivity index (χ3n) is 4.74. The van der Waals surface area contributed by atoms with Crippen molar-refractivity contribution in [1.29, 1.82) is 0 Å². The fraction of sp³-hybridized carbons (Fsp3) is 0.381. The van der Waals surface area contributed by atoms with Gasteiger partial charge >= 0.3 is 0 Å². The lowest BCUT2D eigenvalue weighted by Crippen LogP contribution is -2.24. The summed E-state index contributed by atoms with van der Waals surface area (Å²) in [5.74, 6) is 1.34. The minimum Gasteiger partial charge on any atom is -0.497 e. The van der Waals surface area contributed by atoms with E-state index in [0.717, 1.165) is 24.2 Å². The Bertz CT molecular complexity index is 737. The number of anilines is 1. The molecule has 0 unspecified atom stereocenters. The van der Waals surface area contributed by atoms with Gasteiger partial charge in [0, 0.05) is 37.0 Å². The van der Waals surface area contributed by atoms with Crippen LogP contribution in [0.2, 0.25) is 0 Å². The van der Waals surface area contributed by atoms with Crippen molar-refractivity contribution in [3.05, 3.63) is 53.6 Å². The number of hydrogen-bond acceptors (Lipinski definition) is 4. The van der Waals surface area contributed by atoms with Gasteiger partial charge in [-0.1, -0.05) is 18.2 Å². The van der Waals surface area contributed by atoms with E-state index in [-0.39, 0.29) is 12.3 Å². The highest BCUT2D eigenvalue weighted by Crippen LogP contribution is 2.25. The summed E-state index contributed by atoms with van der Waals surface area (Å²) in [7, 11) is 3.20. The molecule has 5 nitrogen and oxygen atoms in total. The summed E-state index contributed by atoms with van der Waals surface area (Å²) in [6.07, 6.45) is 2.82. The van der Waals surface area contributed by atoms with Crippen LogP contribution in [0.4, 0.5) is 5.69 Å². The van der Waals surface area contributed by atoms with Gasteiger partial charge in [-0.05, 0) is 36.6 Å². The van der Waals surface area contributed by atoms with Gasteiger partial charge in [-0.15, -0.1) is 0 Å². The lowest BCUT2D eigenvalue weighted by Gasteiger charge is -2.17. The van der Waals surface area contributed by atoms with Gasteiger partial charge in [-0.3, -0.25) is 4.79 Å². The molecule has 0 aromatic heterocycles. The van der Waals surface area contributed by atoms with E-state index in [2.05, 4.69) is 34.5 Å². The summed E-state index contributed by atoms with van der Waals surface area (Å²) in [6.45, 7) is 2.80. The molecule has 0 aliphatic carbocycles. The Kier molecular flexibility index (Phi) is 6.00. The molecule has 1 aliphatic rings. The van der Waals surface area contributed by atoms with Crippen molar-refractivity contribution in [3.8, 4) is 11.5 Å². The third kappa shape index (κ3) is 4.48. The van der Waals surface area contributed by atoms with Crippen molar-refractivity contribution in [3.63, 3.8) is 0 Å². The molecule has 0 spiro atoms. The van der Waals surface area contributed by atoms with Gasteiger partial charge in [0.05, 0.1) is 20.6 Å². The minimum atomic E-state index is -0.0305. The number of amides is 1. The monoisotopic (exact) mass is 354 g/mol. The van der Waals surface area contributed by atoms with Crippen molar-refractivity contribution < 1.29 is 14.3 Å². The van der Waals surface area contributed by atoms with Crippen LogP contribution in [-0.4, -0.2) is 33.2 Å². The van der Waals surface area contributed by atoms with E-state index < -0.39 is 0 Å². The average molecular weight is 354 g/mol. The molecule has 0 saturated carbocycles. The summed E-state index contributed by atoms with van der Waals surface area (Å²) >= 11 is 0. The van der Waals surface area contributed by atoms with Crippen molar-refractivity contribution in [1.82, 2.24) is 5.32 Å². The highest BCUT2D eigenvalue weighted by molar-refractivity contribution is 5.79. The quantitative estimate of drug-likeness (QED) is 0.830. The second kappa shape index (κ2) is 8.61. The molecular formula is C21H26N2O3. The van der Waals surface area contributed by atoms with Gasteiger partial charge in [0.15, 0.2) is 0 Å². The zero-order valence-corrected chi connectivity index (χ0v) is 15.5. The maximum absolute atomic E-state index is 12.3. The first-order valence-corrected chi connectivity index (χ1v) is 9.01. The Balaban J connectivity index is 1.54. The van der Waals surface area contributed by atoms with Gasteiger partial charge in [0.2, 0.25) is 5.91 Å². The van der Waals surface area contributed by atoms with Gasteiger partial charge in [-0.25, -0.2) is 0 Å². The number of nitrogens with zero attached hydrogens (tertiary/aromatic N) is 1. The van der Waals surface area contributed by atoms with E-state index in [1.165, 1.54) is 18.5 Å². The Morgan fingerprint density at radius 1 is 1.04 bits per heavy atom. The molecule has 3 rings (SSSR count). The minimum absolute atomic E-state index is 0.0305. The molecular weight excluding hydrogens is 328 g/mol. The molecule has 5 heteroatoms. The second-order valence-corrected chi connectivity index (χ2v) is 6.49. The van der Waals surface area contributed by atoms with Crippen LogP contribution in [-0.2, 0) is 17.8 Å². The molecule has 2 aromatic carbocycles. The van der Waals surface area contributed by atoms with Crippen LogP contribution in [0.1, 0.15) is 24.0 Å². The fourth-order valence-electron chi connectivity index (χ4n) is 3.23. The highest BCUT2D eigenvalue weighted by Gasteiger charge is 2.12. The molecule has 1 aliphatic heterocycles. The molecule has 1 saturated heterocycles. The average Bonchev–Trinajstić information content (AvgIpc) is 3.22. The van der Waals surface area contributed by atoms with Crippen LogP contribution in [0, 0.1) is 0 Å². The van der Waals surface area contributed by atoms with E-state index in [4.69, 9.17) is 9.47 Å². The largest absolute Gasteiger partial charge is 0.497 e. The van der Waals surface area contributed by atoms with Crippen LogP contribution in [0.15, 0.2) is 42.5 Å².